The van der Waals surface area contributed by atoms with Crippen LogP contribution >= 0.6 is 0 Å². The van der Waals surface area contributed by atoms with Crippen molar-refractivity contribution in [1.29, 1.82) is 0 Å². The Hall–Kier alpha value is -2.69. The molecule has 0 aliphatic heterocycles. The highest BCUT2D eigenvalue weighted by molar-refractivity contribution is 5.88. The first-order chi connectivity index (χ1) is 13.5. The highest BCUT2D eigenvalue weighted by atomic mass is 19.1. The van der Waals surface area contributed by atoms with E-state index in [1.807, 2.05) is 51.1 Å². The molecule has 2 rings (SSSR count). The van der Waals surface area contributed by atoms with E-state index in [0.29, 0.717) is 18.5 Å². The van der Waals surface area contributed by atoms with Crippen molar-refractivity contribution in [2.45, 2.75) is 58.7 Å². The molecule has 0 bridgehead atoms. The van der Waals surface area contributed by atoms with Crippen LogP contribution in [0.5, 0.6) is 0 Å². The molecule has 0 unspecified atom stereocenters. The van der Waals surface area contributed by atoms with Crippen LogP contribution in [0.2, 0.25) is 0 Å². The predicted molar refractivity (Wildman–Crippen MR) is 109 cm³/mol. The predicted octanol–water partition coefficient (Wildman–Crippen LogP) is 4.09. The van der Waals surface area contributed by atoms with Crippen LogP contribution in [-0.4, -0.2) is 28.8 Å². The minimum atomic E-state index is -0.603. The molecule has 0 radical (unpaired) electrons. The van der Waals surface area contributed by atoms with Gasteiger partial charge in [0, 0.05) is 12.6 Å². The maximum atomic E-state index is 14.0. The molecule has 2 aromatic rings. The lowest BCUT2D eigenvalue weighted by atomic mass is 10.1. The number of amides is 2. The van der Waals surface area contributed by atoms with E-state index in [-0.39, 0.29) is 24.3 Å². The quantitative estimate of drug-likeness (QED) is 0.708. The number of halogens is 1. The van der Waals surface area contributed by atoms with Crippen LogP contribution in [0.1, 0.15) is 44.7 Å². The number of hydrogen-bond acceptors (Lipinski definition) is 2. The van der Waals surface area contributed by atoms with Crippen LogP contribution in [0.25, 0.3) is 0 Å². The summed E-state index contributed by atoms with van der Waals surface area (Å²) in [4.78, 5) is 27.5. The van der Waals surface area contributed by atoms with Gasteiger partial charge in [-0.1, -0.05) is 62.4 Å². The average Bonchev–Trinajstić information content (AvgIpc) is 2.70. The maximum Gasteiger partial charge on any atom is 0.243 e. The largest absolute Gasteiger partial charge is 0.352 e. The third-order valence-electron chi connectivity index (χ3n) is 4.88. The Balaban J connectivity index is 2.27. The number of hydrogen-bond donors (Lipinski definition) is 1. The first kappa shape index (κ1) is 21.6. The number of nitrogens with one attached hydrogen (secondary N) is 1. The second-order valence-electron chi connectivity index (χ2n) is 7.02. The summed E-state index contributed by atoms with van der Waals surface area (Å²) in [6, 6.07) is 15.2. The van der Waals surface area contributed by atoms with Gasteiger partial charge in [-0.2, -0.15) is 0 Å². The zero-order valence-electron chi connectivity index (χ0n) is 16.8. The van der Waals surface area contributed by atoms with Crippen LogP contribution in [0, 0.1) is 5.82 Å². The van der Waals surface area contributed by atoms with Crippen molar-refractivity contribution in [3.05, 3.63) is 71.5 Å². The molecule has 0 aromatic heterocycles. The van der Waals surface area contributed by atoms with Crippen LogP contribution in [-0.2, 0) is 22.6 Å². The van der Waals surface area contributed by atoms with Crippen molar-refractivity contribution in [2.75, 3.05) is 0 Å². The molecule has 0 aliphatic rings. The molecule has 2 amide bonds. The Morgan fingerprint density at radius 1 is 1.00 bits per heavy atom. The summed E-state index contributed by atoms with van der Waals surface area (Å²) in [6.45, 7) is 6.13. The normalized spacial score (nSPS) is 12.9. The van der Waals surface area contributed by atoms with E-state index in [9.17, 15) is 14.0 Å². The SMILES string of the molecule is CC[C@@H](C)NC(=O)[C@H](CC)N(Cc1ccccc1)C(=O)Cc1ccccc1F. The molecule has 0 spiro atoms. The molecule has 4 nitrogen and oxygen atoms in total. The van der Waals surface area contributed by atoms with Crippen molar-refractivity contribution < 1.29 is 14.0 Å². The van der Waals surface area contributed by atoms with Crippen molar-refractivity contribution in [3.63, 3.8) is 0 Å². The van der Waals surface area contributed by atoms with Gasteiger partial charge in [-0.15, -0.1) is 0 Å². The number of benzene rings is 2. The Kier molecular flexibility index (Phi) is 8.18. The first-order valence-electron chi connectivity index (χ1n) is 9.83. The van der Waals surface area contributed by atoms with Gasteiger partial charge < -0.3 is 10.2 Å². The summed E-state index contributed by atoms with van der Waals surface area (Å²) in [5.74, 6) is -0.845. The van der Waals surface area contributed by atoms with Gasteiger partial charge in [0.25, 0.3) is 0 Å². The molecule has 28 heavy (non-hydrogen) atoms. The van der Waals surface area contributed by atoms with Gasteiger partial charge in [-0.25, -0.2) is 4.39 Å². The third kappa shape index (κ3) is 5.91. The molecular formula is C23H29FN2O2. The summed E-state index contributed by atoms with van der Waals surface area (Å²) in [5.41, 5.74) is 1.27. The molecule has 1 N–H and O–H groups in total. The summed E-state index contributed by atoms with van der Waals surface area (Å²) in [5, 5.41) is 2.97. The van der Waals surface area contributed by atoms with Gasteiger partial charge in [0.2, 0.25) is 11.8 Å². The molecule has 0 saturated heterocycles. The number of carbonyl (C=O) groups is 2. The fourth-order valence-corrected chi connectivity index (χ4v) is 3.05. The van der Waals surface area contributed by atoms with E-state index >= 15 is 0 Å². The average molecular weight is 384 g/mol. The lowest BCUT2D eigenvalue weighted by molar-refractivity contribution is -0.141. The van der Waals surface area contributed by atoms with E-state index in [4.69, 9.17) is 0 Å². The number of rotatable bonds is 9. The second kappa shape index (κ2) is 10.6. The summed E-state index contributed by atoms with van der Waals surface area (Å²) < 4.78 is 14.0. The van der Waals surface area contributed by atoms with Gasteiger partial charge in [-0.3, -0.25) is 9.59 Å². The molecule has 0 aliphatic carbocycles. The minimum Gasteiger partial charge on any atom is -0.352 e. The van der Waals surface area contributed by atoms with Crippen molar-refractivity contribution in [2.24, 2.45) is 0 Å². The van der Waals surface area contributed by atoms with Crippen LogP contribution < -0.4 is 5.32 Å². The van der Waals surface area contributed by atoms with Crippen molar-refractivity contribution in [3.8, 4) is 0 Å². The number of nitrogens with zero attached hydrogens (tertiary/aromatic N) is 1. The third-order valence-corrected chi connectivity index (χ3v) is 4.88. The highest BCUT2D eigenvalue weighted by Crippen LogP contribution is 2.16. The van der Waals surface area contributed by atoms with Gasteiger partial charge in [0.05, 0.1) is 6.42 Å². The molecule has 150 valence electrons. The standard InChI is InChI=1S/C23H29FN2O2/c1-4-17(3)25-23(28)21(5-2)26(16-18-11-7-6-8-12-18)22(27)15-19-13-9-10-14-20(19)24/h6-14,17,21H,4-5,15-16H2,1-3H3,(H,25,28)/t17-,21+/m1/s1. The molecule has 0 fully saturated rings. The van der Waals surface area contributed by atoms with Gasteiger partial charge in [0.1, 0.15) is 11.9 Å². The van der Waals surface area contributed by atoms with E-state index in [0.717, 1.165) is 12.0 Å². The van der Waals surface area contributed by atoms with E-state index in [1.165, 1.54) is 6.07 Å². The lowest BCUT2D eigenvalue weighted by Gasteiger charge is -2.31. The second-order valence-corrected chi connectivity index (χ2v) is 7.02. The van der Waals surface area contributed by atoms with Crippen molar-refractivity contribution >= 4 is 11.8 Å². The topological polar surface area (TPSA) is 49.4 Å². The van der Waals surface area contributed by atoms with E-state index < -0.39 is 11.9 Å². The van der Waals surface area contributed by atoms with Gasteiger partial charge in [-0.05, 0) is 37.0 Å². The molecular weight excluding hydrogens is 355 g/mol. The molecule has 5 heteroatoms. The zero-order chi connectivity index (χ0) is 20.5. The van der Waals surface area contributed by atoms with Crippen molar-refractivity contribution in [1.82, 2.24) is 10.2 Å². The molecule has 0 heterocycles. The van der Waals surface area contributed by atoms with E-state index in [1.54, 1.807) is 23.1 Å². The minimum absolute atomic E-state index is 0.0294. The Labute approximate surface area is 166 Å². The summed E-state index contributed by atoms with van der Waals surface area (Å²) in [6.07, 6.45) is 1.22. The fraction of sp³-hybridized carbons (Fsp3) is 0.391. The maximum absolute atomic E-state index is 14.0. The summed E-state index contributed by atoms with van der Waals surface area (Å²) in [7, 11) is 0. The highest BCUT2D eigenvalue weighted by Gasteiger charge is 2.29. The molecule has 0 saturated carbocycles. The zero-order valence-corrected chi connectivity index (χ0v) is 16.8. The first-order valence-corrected chi connectivity index (χ1v) is 9.83. The lowest BCUT2D eigenvalue weighted by Crippen LogP contribution is -2.51. The van der Waals surface area contributed by atoms with Gasteiger partial charge in [0.15, 0.2) is 0 Å². The van der Waals surface area contributed by atoms with Crippen LogP contribution in [0.4, 0.5) is 4.39 Å². The number of carbonyl (C=O) groups excluding carboxylic acids is 2. The van der Waals surface area contributed by atoms with E-state index in [2.05, 4.69) is 5.32 Å². The molecule has 2 atom stereocenters. The van der Waals surface area contributed by atoms with Crippen LogP contribution in [0.15, 0.2) is 54.6 Å². The Morgan fingerprint density at radius 3 is 2.25 bits per heavy atom. The molecule has 2 aromatic carbocycles. The fourth-order valence-electron chi connectivity index (χ4n) is 3.05. The Bertz CT molecular complexity index is 779. The summed E-state index contributed by atoms with van der Waals surface area (Å²) >= 11 is 0. The smallest absolute Gasteiger partial charge is 0.243 e. The Morgan fingerprint density at radius 2 is 1.64 bits per heavy atom. The van der Waals surface area contributed by atoms with Crippen LogP contribution in [0.3, 0.4) is 0 Å². The monoisotopic (exact) mass is 384 g/mol. The van der Waals surface area contributed by atoms with Gasteiger partial charge >= 0.3 is 0 Å².